The van der Waals surface area contributed by atoms with Gasteiger partial charge < -0.3 is 14.8 Å². The van der Waals surface area contributed by atoms with Crippen molar-refractivity contribution in [3.63, 3.8) is 0 Å². The summed E-state index contributed by atoms with van der Waals surface area (Å²) in [7, 11) is 0. The van der Waals surface area contributed by atoms with Crippen LogP contribution in [0.4, 0.5) is 0 Å². The van der Waals surface area contributed by atoms with Crippen molar-refractivity contribution in [3.8, 4) is 0 Å². The average Bonchev–Trinajstić information content (AvgIpc) is 3.39. The van der Waals surface area contributed by atoms with Crippen molar-refractivity contribution in [1.82, 2.24) is 14.8 Å². The minimum Gasteiger partial charge on any atom is -0.361 e. The molecular weight excluding hydrogens is 358 g/mol. The van der Waals surface area contributed by atoms with Gasteiger partial charge in [0.1, 0.15) is 0 Å². The summed E-state index contributed by atoms with van der Waals surface area (Å²) in [5.74, 6) is 0.186. The van der Waals surface area contributed by atoms with Crippen molar-refractivity contribution < 1.29 is 4.79 Å². The lowest BCUT2D eigenvalue weighted by atomic mass is 9.79. The number of H-pyrrole nitrogens is 1. The maximum Gasteiger partial charge on any atom is 0.253 e. The molecule has 1 aromatic heterocycles. The van der Waals surface area contributed by atoms with Crippen LogP contribution in [0, 0.1) is 5.41 Å². The molecule has 1 N–H and O–H groups in total. The van der Waals surface area contributed by atoms with Crippen molar-refractivity contribution in [3.05, 3.63) is 71.9 Å². The fourth-order valence-corrected chi connectivity index (χ4v) is 5.24. The standard InChI is InChI=1S/C25H29N3O/c29-24(22-7-8-23-21(17-22)9-13-26-23)28-16-12-25(19-28)11-4-14-27(18-25)15-10-20-5-2-1-3-6-20/h1-3,5-9,13,17,26H,4,10-12,14-16,18-19H2. The summed E-state index contributed by atoms with van der Waals surface area (Å²) in [5.41, 5.74) is 3.59. The molecule has 4 nitrogen and oxygen atoms in total. The number of amides is 1. The molecule has 2 aliphatic rings. The molecule has 4 heteroatoms. The van der Waals surface area contributed by atoms with Crippen molar-refractivity contribution in [2.75, 3.05) is 32.7 Å². The molecule has 3 heterocycles. The molecule has 2 fully saturated rings. The summed E-state index contributed by atoms with van der Waals surface area (Å²) >= 11 is 0. The number of hydrogen-bond acceptors (Lipinski definition) is 2. The molecule has 5 rings (SSSR count). The van der Waals surface area contributed by atoms with E-state index < -0.39 is 0 Å². The zero-order valence-corrected chi connectivity index (χ0v) is 16.9. The lowest BCUT2D eigenvalue weighted by molar-refractivity contribution is 0.0692. The largest absolute Gasteiger partial charge is 0.361 e. The Morgan fingerprint density at radius 1 is 1.00 bits per heavy atom. The van der Waals surface area contributed by atoms with Gasteiger partial charge in [-0.25, -0.2) is 0 Å². The van der Waals surface area contributed by atoms with Gasteiger partial charge in [0, 0.05) is 54.3 Å². The summed E-state index contributed by atoms with van der Waals surface area (Å²) in [4.78, 5) is 21.0. The number of nitrogens with zero attached hydrogens (tertiary/aromatic N) is 2. The number of fused-ring (bicyclic) bond motifs is 1. The van der Waals surface area contributed by atoms with Gasteiger partial charge in [-0.2, -0.15) is 0 Å². The molecule has 1 atom stereocenters. The fourth-order valence-electron chi connectivity index (χ4n) is 5.24. The Balaban J connectivity index is 1.23. The van der Waals surface area contributed by atoms with E-state index in [1.54, 1.807) is 0 Å². The van der Waals surface area contributed by atoms with E-state index in [1.165, 1.54) is 24.9 Å². The van der Waals surface area contributed by atoms with Crippen molar-refractivity contribution in [2.24, 2.45) is 5.41 Å². The van der Waals surface area contributed by atoms with Gasteiger partial charge in [0.05, 0.1) is 0 Å². The van der Waals surface area contributed by atoms with Gasteiger partial charge in [0.2, 0.25) is 0 Å². The van der Waals surface area contributed by atoms with Crippen molar-refractivity contribution in [1.29, 1.82) is 0 Å². The van der Waals surface area contributed by atoms with Crippen LogP contribution in [0.2, 0.25) is 0 Å². The highest BCUT2D eigenvalue weighted by atomic mass is 16.2. The Kier molecular flexibility index (Phi) is 4.88. The molecule has 2 aliphatic heterocycles. The molecule has 0 saturated carbocycles. The van der Waals surface area contributed by atoms with E-state index in [-0.39, 0.29) is 11.3 Å². The van der Waals surface area contributed by atoms with Gasteiger partial charge >= 0.3 is 0 Å². The molecule has 29 heavy (non-hydrogen) atoms. The molecule has 0 aliphatic carbocycles. The molecule has 2 saturated heterocycles. The summed E-state index contributed by atoms with van der Waals surface area (Å²) in [5, 5.41) is 1.11. The summed E-state index contributed by atoms with van der Waals surface area (Å²) < 4.78 is 0. The average molecular weight is 388 g/mol. The van der Waals surface area contributed by atoms with Crippen LogP contribution in [0.5, 0.6) is 0 Å². The lowest BCUT2D eigenvalue weighted by Crippen LogP contribution is -2.46. The Bertz CT molecular complexity index is 995. The van der Waals surface area contributed by atoms with E-state index in [2.05, 4.69) is 45.1 Å². The zero-order chi connectivity index (χ0) is 19.7. The van der Waals surface area contributed by atoms with Gasteiger partial charge in [-0.1, -0.05) is 30.3 Å². The Labute approximate surface area is 172 Å². The first-order valence-electron chi connectivity index (χ1n) is 10.8. The highest BCUT2D eigenvalue weighted by molar-refractivity contribution is 5.98. The number of piperidine rings is 1. The monoisotopic (exact) mass is 387 g/mol. The normalized spacial score (nSPS) is 22.6. The highest BCUT2D eigenvalue weighted by Gasteiger charge is 2.42. The Morgan fingerprint density at radius 3 is 2.79 bits per heavy atom. The lowest BCUT2D eigenvalue weighted by Gasteiger charge is -2.40. The predicted molar refractivity (Wildman–Crippen MR) is 117 cm³/mol. The van der Waals surface area contributed by atoms with Crippen LogP contribution in [0.25, 0.3) is 10.9 Å². The third kappa shape index (κ3) is 3.82. The smallest absolute Gasteiger partial charge is 0.253 e. The second-order valence-electron chi connectivity index (χ2n) is 8.87. The number of rotatable bonds is 4. The van der Waals surface area contributed by atoms with Crippen LogP contribution >= 0.6 is 0 Å². The number of carbonyl (C=O) groups is 1. The van der Waals surface area contributed by atoms with Crippen LogP contribution < -0.4 is 0 Å². The minimum atomic E-state index is 0.186. The topological polar surface area (TPSA) is 39.3 Å². The number of carbonyl (C=O) groups excluding carboxylic acids is 1. The van der Waals surface area contributed by atoms with Crippen LogP contribution in [0.1, 0.15) is 35.2 Å². The van der Waals surface area contributed by atoms with E-state index in [4.69, 9.17) is 0 Å². The Hall–Kier alpha value is -2.59. The minimum absolute atomic E-state index is 0.186. The summed E-state index contributed by atoms with van der Waals surface area (Å²) in [6.07, 6.45) is 6.65. The SMILES string of the molecule is O=C(c1ccc2[nH]ccc2c1)N1CCC2(CCCN(CCc3ccccc3)C2)C1. The number of hydrogen-bond donors (Lipinski definition) is 1. The molecule has 150 valence electrons. The van der Waals surface area contributed by atoms with Gasteiger partial charge in [-0.15, -0.1) is 0 Å². The second kappa shape index (κ2) is 7.68. The third-order valence-corrected chi connectivity index (χ3v) is 6.83. The summed E-state index contributed by atoms with van der Waals surface area (Å²) in [6.45, 7) is 5.21. The molecule has 1 spiro atoms. The Morgan fingerprint density at radius 2 is 1.90 bits per heavy atom. The van der Waals surface area contributed by atoms with E-state index in [1.807, 2.05) is 30.5 Å². The highest BCUT2D eigenvalue weighted by Crippen LogP contribution is 2.39. The molecule has 0 bridgehead atoms. The van der Waals surface area contributed by atoms with Gasteiger partial charge in [0.25, 0.3) is 5.91 Å². The van der Waals surface area contributed by atoms with Crippen molar-refractivity contribution in [2.45, 2.75) is 25.7 Å². The second-order valence-corrected chi connectivity index (χ2v) is 8.87. The van der Waals surface area contributed by atoms with Crippen LogP contribution in [0.3, 0.4) is 0 Å². The molecule has 3 aromatic rings. The first-order valence-corrected chi connectivity index (χ1v) is 10.8. The summed E-state index contributed by atoms with van der Waals surface area (Å²) in [6, 6.07) is 18.8. The molecule has 0 radical (unpaired) electrons. The van der Waals surface area contributed by atoms with E-state index in [0.717, 1.165) is 55.5 Å². The van der Waals surface area contributed by atoms with Crippen LogP contribution in [-0.2, 0) is 6.42 Å². The number of likely N-dealkylation sites (tertiary alicyclic amines) is 2. The van der Waals surface area contributed by atoms with Crippen LogP contribution in [-0.4, -0.2) is 53.4 Å². The molecule has 1 unspecified atom stereocenters. The van der Waals surface area contributed by atoms with E-state index in [9.17, 15) is 4.79 Å². The maximum atomic E-state index is 13.1. The van der Waals surface area contributed by atoms with E-state index >= 15 is 0 Å². The maximum absolute atomic E-state index is 13.1. The zero-order valence-electron chi connectivity index (χ0n) is 16.9. The van der Waals surface area contributed by atoms with E-state index in [0.29, 0.717) is 0 Å². The van der Waals surface area contributed by atoms with Gasteiger partial charge in [-0.05, 0) is 62.1 Å². The number of aromatic nitrogens is 1. The quantitative estimate of drug-likeness (QED) is 0.723. The van der Waals surface area contributed by atoms with Gasteiger partial charge in [0.15, 0.2) is 0 Å². The third-order valence-electron chi connectivity index (χ3n) is 6.83. The number of nitrogens with one attached hydrogen (secondary N) is 1. The predicted octanol–water partition coefficient (Wildman–Crippen LogP) is 4.34. The first-order chi connectivity index (χ1) is 14.2. The number of benzene rings is 2. The molecule has 2 aromatic carbocycles. The fraction of sp³-hybridized carbons (Fsp3) is 0.400. The molecular formula is C25H29N3O. The van der Waals surface area contributed by atoms with Gasteiger partial charge in [-0.3, -0.25) is 4.79 Å². The first kappa shape index (κ1) is 18.4. The van der Waals surface area contributed by atoms with Crippen LogP contribution in [0.15, 0.2) is 60.8 Å². The molecule has 1 amide bonds. The van der Waals surface area contributed by atoms with Crippen molar-refractivity contribution >= 4 is 16.8 Å². The number of aromatic amines is 1.